The number of halogens is 3. The summed E-state index contributed by atoms with van der Waals surface area (Å²) in [6.07, 6.45) is 0.460. The molecule has 0 atom stereocenters. The zero-order valence-electron chi connectivity index (χ0n) is 7.36. The summed E-state index contributed by atoms with van der Waals surface area (Å²) in [5, 5.41) is 0. The molecule has 0 fully saturated rings. The van der Waals surface area contributed by atoms with E-state index in [4.69, 9.17) is 43.7 Å². The van der Waals surface area contributed by atoms with Crippen molar-refractivity contribution in [2.75, 3.05) is 14.2 Å². The maximum absolute atomic E-state index is 5.60. The zero-order valence-corrected chi connectivity index (χ0v) is 10.6. The summed E-state index contributed by atoms with van der Waals surface area (Å²) >= 11 is 16.8. The molecule has 6 heteroatoms. The highest BCUT2D eigenvalue weighted by molar-refractivity contribution is 6.69. The second kappa shape index (κ2) is 5.03. The number of rotatable bonds is 4. The number of alkyl halides is 3. The summed E-state index contributed by atoms with van der Waals surface area (Å²) in [6, 6.07) is 0.677. The van der Waals surface area contributed by atoms with E-state index >= 15 is 0 Å². The van der Waals surface area contributed by atoms with Gasteiger partial charge in [0, 0.05) is 14.2 Å². The topological polar surface area (TPSA) is 18.5 Å². The van der Waals surface area contributed by atoms with Crippen molar-refractivity contribution < 1.29 is 8.85 Å². The van der Waals surface area contributed by atoms with Crippen molar-refractivity contribution in [3.8, 4) is 0 Å². The fraction of sp³-hybridized carbons (Fsp3) is 1.00. The van der Waals surface area contributed by atoms with Gasteiger partial charge in [-0.1, -0.05) is 34.8 Å². The Kier molecular flexibility index (Phi) is 5.45. The van der Waals surface area contributed by atoms with Gasteiger partial charge in [0.2, 0.25) is 0 Å². The minimum Gasteiger partial charge on any atom is -0.398 e. The van der Waals surface area contributed by atoms with Crippen molar-refractivity contribution in [3.05, 3.63) is 0 Å². The predicted molar refractivity (Wildman–Crippen MR) is 55.4 cm³/mol. The summed E-state index contributed by atoms with van der Waals surface area (Å²) < 4.78 is 9.24. The van der Waals surface area contributed by atoms with Gasteiger partial charge in [0.05, 0.1) is 0 Å². The van der Waals surface area contributed by atoms with Crippen LogP contribution in [0, 0.1) is 0 Å². The maximum Gasteiger partial charge on any atom is 0.334 e. The molecule has 0 amide bonds. The van der Waals surface area contributed by atoms with Crippen LogP contribution in [0.1, 0.15) is 6.42 Å². The van der Waals surface area contributed by atoms with Crippen molar-refractivity contribution in [3.63, 3.8) is 0 Å². The molecular formula is C6H13Cl3O2Si. The molecule has 0 heterocycles. The first kappa shape index (κ1) is 13.0. The van der Waals surface area contributed by atoms with Gasteiger partial charge in [-0.05, 0) is 19.0 Å². The fourth-order valence-corrected chi connectivity index (χ4v) is 2.82. The van der Waals surface area contributed by atoms with Crippen LogP contribution in [-0.2, 0) is 8.85 Å². The van der Waals surface area contributed by atoms with Gasteiger partial charge in [0.15, 0.2) is 3.79 Å². The summed E-state index contributed by atoms with van der Waals surface area (Å²) in [6.45, 7) is 1.93. The van der Waals surface area contributed by atoms with E-state index in [1.165, 1.54) is 0 Å². The molecule has 0 bridgehead atoms. The lowest BCUT2D eigenvalue weighted by Crippen LogP contribution is -2.36. The summed E-state index contributed by atoms with van der Waals surface area (Å²) in [7, 11) is 1.18. The lowest BCUT2D eigenvalue weighted by molar-refractivity contribution is 0.248. The van der Waals surface area contributed by atoms with Crippen LogP contribution in [0.3, 0.4) is 0 Å². The highest BCUT2D eigenvalue weighted by atomic mass is 35.6. The van der Waals surface area contributed by atoms with E-state index in [1.807, 2.05) is 6.55 Å². The normalized spacial score (nSPS) is 13.5. The predicted octanol–water partition coefficient (Wildman–Crippen LogP) is 3.11. The van der Waals surface area contributed by atoms with Crippen molar-refractivity contribution >= 4 is 43.4 Å². The van der Waals surface area contributed by atoms with E-state index in [2.05, 4.69) is 0 Å². The van der Waals surface area contributed by atoms with Gasteiger partial charge in [-0.2, -0.15) is 0 Å². The van der Waals surface area contributed by atoms with E-state index in [1.54, 1.807) is 14.2 Å². The van der Waals surface area contributed by atoms with Crippen LogP contribution >= 0.6 is 34.8 Å². The molecule has 0 N–H and O–H groups in total. The van der Waals surface area contributed by atoms with Crippen LogP contribution in [0.5, 0.6) is 0 Å². The maximum atomic E-state index is 5.60. The third-order valence-corrected chi connectivity index (χ3v) is 5.18. The minimum atomic E-state index is -2.06. The Morgan fingerprint density at radius 3 is 1.83 bits per heavy atom. The van der Waals surface area contributed by atoms with Crippen LogP contribution in [-0.4, -0.2) is 26.6 Å². The Hall–Kier alpha value is 1.01. The lowest BCUT2D eigenvalue weighted by Gasteiger charge is -2.24. The molecule has 0 aliphatic heterocycles. The minimum absolute atomic E-state index is 0.460. The zero-order chi connectivity index (χ0) is 9.83. The second-order valence-electron chi connectivity index (χ2n) is 2.66. The molecule has 0 rings (SSSR count). The summed E-state index contributed by atoms with van der Waals surface area (Å²) in [5.41, 5.74) is 0. The van der Waals surface area contributed by atoms with E-state index in [0.717, 1.165) is 0 Å². The van der Waals surface area contributed by atoms with E-state index < -0.39 is 12.4 Å². The molecule has 74 valence electrons. The lowest BCUT2D eigenvalue weighted by atomic mass is 10.6. The van der Waals surface area contributed by atoms with Crippen LogP contribution in [0.25, 0.3) is 0 Å². The van der Waals surface area contributed by atoms with Crippen molar-refractivity contribution in [1.29, 1.82) is 0 Å². The Balaban J connectivity index is 3.89. The van der Waals surface area contributed by atoms with E-state index in [0.29, 0.717) is 12.5 Å². The van der Waals surface area contributed by atoms with Gasteiger partial charge in [-0.25, -0.2) is 0 Å². The molecule has 0 aliphatic rings. The molecule has 0 aromatic rings. The molecule has 0 saturated carbocycles. The van der Waals surface area contributed by atoms with Gasteiger partial charge in [0.25, 0.3) is 0 Å². The molecule has 12 heavy (non-hydrogen) atoms. The third-order valence-electron chi connectivity index (χ3n) is 1.73. The van der Waals surface area contributed by atoms with Crippen molar-refractivity contribution in [2.24, 2.45) is 0 Å². The summed E-state index contributed by atoms with van der Waals surface area (Å²) in [5.74, 6) is 0. The molecule has 2 nitrogen and oxygen atoms in total. The smallest absolute Gasteiger partial charge is 0.334 e. The largest absolute Gasteiger partial charge is 0.398 e. The number of hydrogen-bond acceptors (Lipinski definition) is 2. The Labute approximate surface area is 89.3 Å². The van der Waals surface area contributed by atoms with Crippen molar-refractivity contribution in [2.45, 2.75) is 22.8 Å². The second-order valence-corrected chi connectivity index (χ2v) is 8.76. The molecule has 0 spiro atoms. The molecular weight excluding hydrogens is 239 g/mol. The van der Waals surface area contributed by atoms with Crippen molar-refractivity contribution in [1.82, 2.24) is 0 Å². The average molecular weight is 252 g/mol. The average Bonchev–Trinajstić information content (AvgIpc) is 1.99. The molecule has 0 aromatic carbocycles. The highest BCUT2D eigenvalue weighted by Crippen LogP contribution is 2.33. The van der Waals surface area contributed by atoms with Crippen LogP contribution in [0.4, 0.5) is 0 Å². The van der Waals surface area contributed by atoms with Gasteiger partial charge < -0.3 is 8.85 Å². The number of hydrogen-bond donors (Lipinski definition) is 0. The molecule has 0 aliphatic carbocycles. The van der Waals surface area contributed by atoms with Gasteiger partial charge in [-0.15, -0.1) is 0 Å². The fourth-order valence-electron chi connectivity index (χ4n) is 0.656. The Morgan fingerprint density at radius 2 is 1.58 bits per heavy atom. The summed E-state index contributed by atoms with van der Waals surface area (Å²) in [4.78, 5) is 0. The Morgan fingerprint density at radius 1 is 1.17 bits per heavy atom. The monoisotopic (exact) mass is 250 g/mol. The molecule has 0 aromatic heterocycles. The van der Waals surface area contributed by atoms with Crippen LogP contribution in [0.2, 0.25) is 12.6 Å². The van der Waals surface area contributed by atoms with Gasteiger partial charge in [-0.3, -0.25) is 0 Å². The standard InChI is InChI=1S/C6H13Cl3O2Si/c1-10-12(3,11-2)5-4-6(7,8)9/h4-5H2,1-3H3. The molecule has 0 radical (unpaired) electrons. The van der Waals surface area contributed by atoms with Crippen LogP contribution < -0.4 is 0 Å². The highest BCUT2D eigenvalue weighted by Gasteiger charge is 2.32. The molecule has 0 unspecified atom stereocenters. The molecule has 0 saturated heterocycles. The van der Waals surface area contributed by atoms with Gasteiger partial charge >= 0.3 is 8.56 Å². The first-order valence-corrected chi connectivity index (χ1v) is 7.16. The first-order valence-electron chi connectivity index (χ1n) is 3.50. The first-order chi connectivity index (χ1) is 5.33. The van der Waals surface area contributed by atoms with E-state index in [9.17, 15) is 0 Å². The van der Waals surface area contributed by atoms with E-state index in [-0.39, 0.29) is 0 Å². The van der Waals surface area contributed by atoms with Crippen LogP contribution in [0.15, 0.2) is 0 Å². The Bertz CT molecular complexity index is 133. The SMILES string of the molecule is CO[Si](C)(CCC(Cl)(Cl)Cl)OC. The quantitative estimate of drug-likeness (QED) is 0.565. The third kappa shape index (κ3) is 5.62. The van der Waals surface area contributed by atoms with Gasteiger partial charge in [0.1, 0.15) is 0 Å².